The molecule has 1 N–H and O–H groups in total. The topological polar surface area (TPSA) is 40.1 Å². The van der Waals surface area contributed by atoms with E-state index in [1.807, 2.05) is 0 Å². The van der Waals surface area contributed by atoms with Crippen LogP contribution in [0.1, 0.15) is 37.3 Å². The van der Waals surface area contributed by atoms with Crippen LogP contribution in [-0.2, 0) is 17.7 Å². The molecule has 0 aromatic heterocycles. The van der Waals surface area contributed by atoms with Crippen molar-refractivity contribution in [1.29, 1.82) is 0 Å². The van der Waals surface area contributed by atoms with Gasteiger partial charge >= 0.3 is 0 Å². The summed E-state index contributed by atoms with van der Waals surface area (Å²) >= 11 is 0. The Bertz CT molecular complexity index is 606. The minimum Gasteiger partial charge on any atom is -0.379 e. The molecule has 1 aliphatic heterocycles. The molecule has 28 heavy (non-hydrogen) atoms. The summed E-state index contributed by atoms with van der Waals surface area (Å²) in [6.45, 7) is 9.86. The molecule has 3 rings (SSSR count). The number of fused-ring (bicyclic) bond motifs is 1. The zero-order valence-electron chi connectivity index (χ0n) is 17.5. The predicted molar refractivity (Wildman–Crippen MR) is 128 cm³/mol. The van der Waals surface area contributed by atoms with E-state index < -0.39 is 0 Å². The minimum atomic E-state index is 0. The van der Waals surface area contributed by atoms with Crippen LogP contribution in [0.5, 0.6) is 0 Å². The molecule has 0 bridgehead atoms. The lowest BCUT2D eigenvalue weighted by atomic mass is 10.00. The lowest BCUT2D eigenvalue weighted by molar-refractivity contribution is 0.115. The number of halogens is 1. The number of likely N-dealkylation sites (N-methyl/N-ethyl adjacent to an activating group) is 1. The highest BCUT2D eigenvalue weighted by Crippen LogP contribution is 2.28. The van der Waals surface area contributed by atoms with E-state index in [1.165, 1.54) is 36.9 Å². The van der Waals surface area contributed by atoms with Crippen molar-refractivity contribution in [2.75, 3.05) is 53.0 Å². The molecule has 0 amide bonds. The number of ether oxygens (including phenoxy) is 1. The first-order valence-electron chi connectivity index (χ1n) is 10.6. The summed E-state index contributed by atoms with van der Waals surface area (Å²) in [5.74, 6) is 1.83. The normalized spacial score (nSPS) is 17.0. The van der Waals surface area contributed by atoms with Gasteiger partial charge in [0.25, 0.3) is 0 Å². The van der Waals surface area contributed by atoms with Crippen molar-refractivity contribution in [2.45, 2.75) is 39.2 Å². The summed E-state index contributed by atoms with van der Waals surface area (Å²) in [7, 11) is 2.10. The van der Waals surface area contributed by atoms with Crippen LogP contribution in [0.15, 0.2) is 29.3 Å². The lowest BCUT2D eigenvalue weighted by Gasteiger charge is -2.28. The molecule has 1 aliphatic carbocycles. The summed E-state index contributed by atoms with van der Waals surface area (Å²) in [6.07, 6.45) is 4.97. The van der Waals surface area contributed by atoms with Crippen molar-refractivity contribution in [3.8, 4) is 0 Å². The van der Waals surface area contributed by atoms with Gasteiger partial charge in [0.15, 0.2) is 5.96 Å². The van der Waals surface area contributed by atoms with Gasteiger partial charge in [-0.05, 0) is 49.7 Å². The standard InChI is InChI=1S/C22H36N4O.HI/c1-3-23-22(25(2)15-16-27-18-19-9-10-19)24-12-6-13-26-14-11-20-7-4-5-8-21(20)17-26;/h4-5,7-8,19H,3,6,9-18H2,1-2H3,(H,23,24);1H. The number of nitrogens with zero attached hydrogens (tertiary/aromatic N) is 3. The molecule has 1 aromatic rings. The van der Waals surface area contributed by atoms with Crippen molar-refractivity contribution in [3.05, 3.63) is 35.4 Å². The molecule has 0 unspecified atom stereocenters. The van der Waals surface area contributed by atoms with Crippen LogP contribution in [0.4, 0.5) is 0 Å². The Labute approximate surface area is 187 Å². The minimum absolute atomic E-state index is 0. The molecule has 158 valence electrons. The van der Waals surface area contributed by atoms with Gasteiger partial charge in [0.1, 0.15) is 0 Å². The maximum absolute atomic E-state index is 5.76. The van der Waals surface area contributed by atoms with Gasteiger partial charge < -0.3 is 15.0 Å². The van der Waals surface area contributed by atoms with E-state index in [4.69, 9.17) is 9.73 Å². The molecule has 1 aromatic carbocycles. The van der Waals surface area contributed by atoms with E-state index in [0.29, 0.717) is 0 Å². The molecule has 5 nitrogen and oxygen atoms in total. The Balaban J connectivity index is 0.00000280. The number of rotatable bonds is 10. The second-order valence-corrected chi connectivity index (χ2v) is 7.82. The van der Waals surface area contributed by atoms with Crippen LogP contribution < -0.4 is 5.32 Å². The highest BCUT2D eigenvalue weighted by atomic mass is 127. The molecule has 1 fully saturated rings. The number of guanidine groups is 1. The molecule has 2 aliphatic rings. The van der Waals surface area contributed by atoms with Gasteiger partial charge in [-0.15, -0.1) is 24.0 Å². The Morgan fingerprint density at radius 3 is 2.82 bits per heavy atom. The van der Waals surface area contributed by atoms with E-state index in [2.05, 4.69) is 53.4 Å². The fourth-order valence-corrected chi connectivity index (χ4v) is 3.54. The molecular weight excluding hydrogens is 463 g/mol. The van der Waals surface area contributed by atoms with Crippen molar-refractivity contribution in [2.24, 2.45) is 10.9 Å². The van der Waals surface area contributed by atoms with Gasteiger partial charge in [-0.2, -0.15) is 0 Å². The third-order valence-corrected chi connectivity index (χ3v) is 5.42. The zero-order valence-corrected chi connectivity index (χ0v) is 19.9. The van der Waals surface area contributed by atoms with Crippen LogP contribution in [0.2, 0.25) is 0 Å². The van der Waals surface area contributed by atoms with E-state index in [0.717, 1.165) is 64.2 Å². The Kier molecular flexibility index (Phi) is 10.6. The second-order valence-electron chi connectivity index (χ2n) is 7.82. The van der Waals surface area contributed by atoms with Crippen molar-refractivity contribution in [3.63, 3.8) is 0 Å². The lowest BCUT2D eigenvalue weighted by Crippen LogP contribution is -2.40. The van der Waals surface area contributed by atoms with Gasteiger partial charge in [0, 0.05) is 52.9 Å². The third-order valence-electron chi connectivity index (χ3n) is 5.42. The molecule has 0 radical (unpaired) electrons. The summed E-state index contributed by atoms with van der Waals surface area (Å²) in [5.41, 5.74) is 3.01. The first-order valence-corrected chi connectivity index (χ1v) is 10.6. The monoisotopic (exact) mass is 500 g/mol. The van der Waals surface area contributed by atoms with Gasteiger partial charge in [0.2, 0.25) is 0 Å². The Morgan fingerprint density at radius 2 is 2.07 bits per heavy atom. The molecule has 6 heteroatoms. The van der Waals surface area contributed by atoms with Crippen LogP contribution in [0, 0.1) is 5.92 Å². The summed E-state index contributed by atoms with van der Waals surface area (Å²) < 4.78 is 5.76. The number of aliphatic imine (C=N–C) groups is 1. The largest absolute Gasteiger partial charge is 0.379 e. The van der Waals surface area contributed by atoms with Crippen molar-refractivity contribution < 1.29 is 4.74 Å². The third kappa shape index (κ3) is 7.87. The summed E-state index contributed by atoms with van der Waals surface area (Å²) in [6, 6.07) is 8.84. The predicted octanol–water partition coefficient (Wildman–Crippen LogP) is 3.38. The first-order chi connectivity index (χ1) is 13.3. The number of hydrogen-bond donors (Lipinski definition) is 1. The van der Waals surface area contributed by atoms with Crippen molar-refractivity contribution >= 4 is 29.9 Å². The smallest absolute Gasteiger partial charge is 0.193 e. The van der Waals surface area contributed by atoms with Crippen LogP contribution in [0.3, 0.4) is 0 Å². The molecule has 0 spiro atoms. The highest BCUT2D eigenvalue weighted by Gasteiger charge is 2.21. The average Bonchev–Trinajstić information content (AvgIpc) is 3.52. The first kappa shape index (κ1) is 23.4. The molecule has 1 heterocycles. The van der Waals surface area contributed by atoms with Crippen LogP contribution in [-0.4, -0.2) is 68.7 Å². The average molecular weight is 500 g/mol. The fraction of sp³-hybridized carbons (Fsp3) is 0.682. The number of benzene rings is 1. The fourth-order valence-electron chi connectivity index (χ4n) is 3.54. The van der Waals surface area contributed by atoms with Crippen LogP contribution in [0.25, 0.3) is 0 Å². The Hall–Kier alpha value is -0.860. The highest BCUT2D eigenvalue weighted by molar-refractivity contribution is 14.0. The van der Waals surface area contributed by atoms with Gasteiger partial charge in [-0.1, -0.05) is 24.3 Å². The van der Waals surface area contributed by atoms with Crippen molar-refractivity contribution in [1.82, 2.24) is 15.1 Å². The van der Waals surface area contributed by atoms with E-state index in [1.54, 1.807) is 0 Å². The number of hydrogen-bond acceptors (Lipinski definition) is 3. The zero-order chi connectivity index (χ0) is 18.9. The summed E-state index contributed by atoms with van der Waals surface area (Å²) in [4.78, 5) is 9.56. The molecular formula is C22H37IN4O. The van der Waals surface area contributed by atoms with E-state index in [9.17, 15) is 0 Å². The summed E-state index contributed by atoms with van der Waals surface area (Å²) in [5, 5.41) is 3.40. The quantitative estimate of drug-likeness (QED) is 0.232. The molecule has 0 atom stereocenters. The molecule has 1 saturated carbocycles. The van der Waals surface area contributed by atoms with Gasteiger partial charge in [-0.25, -0.2) is 0 Å². The van der Waals surface area contributed by atoms with Crippen LogP contribution >= 0.6 is 24.0 Å². The maximum atomic E-state index is 5.76. The van der Waals surface area contributed by atoms with Gasteiger partial charge in [0.05, 0.1) is 6.61 Å². The maximum Gasteiger partial charge on any atom is 0.193 e. The van der Waals surface area contributed by atoms with Gasteiger partial charge in [-0.3, -0.25) is 9.89 Å². The SMILES string of the molecule is CCNC(=NCCCN1CCc2ccccc2C1)N(C)CCOCC1CC1.I. The van der Waals surface area contributed by atoms with E-state index >= 15 is 0 Å². The number of nitrogens with one attached hydrogen (secondary N) is 1. The Morgan fingerprint density at radius 1 is 1.29 bits per heavy atom. The molecule has 0 saturated heterocycles. The van der Waals surface area contributed by atoms with E-state index in [-0.39, 0.29) is 24.0 Å². The second kappa shape index (κ2) is 12.6.